The van der Waals surface area contributed by atoms with Gasteiger partial charge in [-0.2, -0.15) is 13.9 Å². The number of hydrogen-bond donors (Lipinski definition) is 1. The number of carbonyl (C=O) groups is 1. The van der Waals surface area contributed by atoms with Gasteiger partial charge in [-0.15, -0.1) is 0 Å². The quantitative estimate of drug-likeness (QED) is 0.585. The van der Waals surface area contributed by atoms with Crippen molar-refractivity contribution in [2.75, 3.05) is 7.11 Å². The Morgan fingerprint density at radius 2 is 1.96 bits per heavy atom. The Bertz CT molecular complexity index is 961. The molecule has 2 aromatic carbocycles. The van der Waals surface area contributed by atoms with Crippen molar-refractivity contribution in [3.8, 4) is 17.2 Å². The summed E-state index contributed by atoms with van der Waals surface area (Å²) in [6.07, 6.45) is 1.65. The number of aromatic nitrogens is 2. The number of amides is 1. The van der Waals surface area contributed by atoms with Gasteiger partial charge < -0.3 is 14.8 Å². The van der Waals surface area contributed by atoms with Gasteiger partial charge in [0.25, 0.3) is 5.91 Å². The summed E-state index contributed by atoms with van der Waals surface area (Å²) in [5.74, 6) is 0.280. The summed E-state index contributed by atoms with van der Waals surface area (Å²) in [4.78, 5) is 12.4. The lowest BCUT2D eigenvalue weighted by Gasteiger charge is -2.11. The van der Waals surface area contributed by atoms with E-state index >= 15 is 0 Å². The zero-order valence-corrected chi connectivity index (χ0v) is 16.3. The molecule has 0 unspecified atom stereocenters. The van der Waals surface area contributed by atoms with Crippen molar-refractivity contribution < 1.29 is 23.0 Å². The molecule has 0 aliphatic carbocycles. The maximum absolute atomic E-state index is 12.5. The molecule has 9 heteroatoms. The van der Waals surface area contributed by atoms with E-state index in [9.17, 15) is 13.6 Å². The fraction of sp³-hybridized carbons (Fsp3) is 0.158. The molecule has 0 fully saturated rings. The number of rotatable bonds is 7. The fourth-order valence-electron chi connectivity index (χ4n) is 2.49. The molecule has 0 aliphatic rings. The van der Waals surface area contributed by atoms with E-state index < -0.39 is 12.5 Å². The zero-order chi connectivity index (χ0) is 20.1. The second-order valence-corrected chi connectivity index (χ2v) is 6.57. The van der Waals surface area contributed by atoms with Gasteiger partial charge in [0.05, 0.1) is 12.8 Å². The zero-order valence-electron chi connectivity index (χ0n) is 14.7. The molecule has 0 spiro atoms. The number of benzene rings is 2. The van der Waals surface area contributed by atoms with Gasteiger partial charge in [0, 0.05) is 22.8 Å². The Kier molecular flexibility index (Phi) is 6.25. The maximum Gasteiger partial charge on any atom is 0.387 e. The Morgan fingerprint density at radius 3 is 2.64 bits per heavy atom. The molecule has 28 heavy (non-hydrogen) atoms. The minimum absolute atomic E-state index is 0.00209. The number of nitrogens with one attached hydrogen (secondary N) is 1. The van der Waals surface area contributed by atoms with Crippen molar-refractivity contribution in [3.63, 3.8) is 0 Å². The summed E-state index contributed by atoms with van der Waals surface area (Å²) in [5, 5.41) is 6.90. The molecular weight excluding hydrogens is 436 g/mol. The van der Waals surface area contributed by atoms with E-state index in [1.165, 1.54) is 6.07 Å². The van der Waals surface area contributed by atoms with Gasteiger partial charge in [0.1, 0.15) is 11.5 Å². The van der Waals surface area contributed by atoms with E-state index in [-0.39, 0.29) is 18.0 Å². The van der Waals surface area contributed by atoms with Crippen LogP contribution >= 0.6 is 15.9 Å². The standard InChI is InChI=1S/C19H16BrF2N3O3/c1-27-15-5-3-14(4-6-15)25-9-8-16(24-25)18(26)23-11-12-10-13(20)2-7-17(12)28-19(21)22/h2-10,19H,11H2,1H3,(H,23,26). The molecule has 1 heterocycles. The van der Waals surface area contributed by atoms with E-state index in [4.69, 9.17) is 4.74 Å². The summed E-state index contributed by atoms with van der Waals surface area (Å²) < 4.78 is 36.9. The van der Waals surface area contributed by atoms with Crippen molar-refractivity contribution in [3.05, 3.63) is 70.5 Å². The first-order valence-corrected chi connectivity index (χ1v) is 8.97. The molecule has 6 nitrogen and oxygen atoms in total. The molecule has 0 radical (unpaired) electrons. The predicted octanol–water partition coefficient (Wildman–Crippen LogP) is 4.17. The Morgan fingerprint density at radius 1 is 1.21 bits per heavy atom. The van der Waals surface area contributed by atoms with Crippen molar-refractivity contribution in [2.24, 2.45) is 0 Å². The summed E-state index contributed by atoms with van der Waals surface area (Å²) in [7, 11) is 1.58. The van der Waals surface area contributed by atoms with Crippen molar-refractivity contribution in [1.29, 1.82) is 0 Å². The van der Waals surface area contributed by atoms with Crippen molar-refractivity contribution >= 4 is 21.8 Å². The van der Waals surface area contributed by atoms with Gasteiger partial charge in [-0.05, 0) is 48.5 Å². The minimum atomic E-state index is -2.95. The van der Waals surface area contributed by atoms with Crippen LogP contribution in [-0.4, -0.2) is 29.4 Å². The molecule has 1 aromatic heterocycles. The first-order chi connectivity index (χ1) is 13.5. The number of ether oxygens (including phenoxy) is 2. The highest BCUT2D eigenvalue weighted by Crippen LogP contribution is 2.25. The largest absolute Gasteiger partial charge is 0.497 e. The van der Waals surface area contributed by atoms with Crippen LogP contribution in [0.1, 0.15) is 16.1 Å². The maximum atomic E-state index is 12.5. The van der Waals surface area contributed by atoms with Gasteiger partial charge in [0.2, 0.25) is 0 Å². The lowest BCUT2D eigenvalue weighted by Crippen LogP contribution is -2.24. The lowest BCUT2D eigenvalue weighted by atomic mass is 10.2. The van der Waals surface area contributed by atoms with Crippen LogP contribution < -0.4 is 14.8 Å². The molecule has 1 N–H and O–H groups in total. The third-order valence-electron chi connectivity index (χ3n) is 3.84. The molecule has 0 saturated carbocycles. The Hall–Kier alpha value is -2.94. The summed E-state index contributed by atoms with van der Waals surface area (Å²) in [5.41, 5.74) is 1.37. The highest BCUT2D eigenvalue weighted by molar-refractivity contribution is 9.10. The summed E-state index contributed by atoms with van der Waals surface area (Å²) in [6.45, 7) is -2.94. The van der Waals surface area contributed by atoms with E-state index in [2.05, 4.69) is 31.1 Å². The minimum Gasteiger partial charge on any atom is -0.497 e. The first kappa shape index (κ1) is 19.8. The Balaban J connectivity index is 1.69. The predicted molar refractivity (Wildman–Crippen MR) is 102 cm³/mol. The molecule has 1 amide bonds. The van der Waals surface area contributed by atoms with Gasteiger partial charge >= 0.3 is 6.61 Å². The molecule has 0 bridgehead atoms. The van der Waals surface area contributed by atoms with Gasteiger partial charge in [-0.3, -0.25) is 4.79 Å². The number of carbonyl (C=O) groups excluding carboxylic acids is 1. The number of methoxy groups -OCH3 is 1. The normalized spacial score (nSPS) is 10.8. The molecule has 146 valence electrons. The van der Waals surface area contributed by atoms with Gasteiger partial charge in [-0.25, -0.2) is 4.68 Å². The van der Waals surface area contributed by atoms with E-state index in [1.54, 1.807) is 48.3 Å². The van der Waals surface area contributed by atoms with E-state index in [0.29, 0.717) is 15.8 Å². The van der Waals surface area contributed by atoms with E-state index in [0.717, 1.165) is 5.69 Å². The third kappa shape index (κ3) is 4.86. The van der Waals surface area contributed by atoms with Crippen LogP contribution in [0.5, 0.6) is 11.5 Å². The van der Waals surface area contributed by atoms with Crippen LogP contribution in [0.2, 0.25) is 0 Å². The monoisotopic (exact) mass is 451 g/mol. The average Bonchev–Trinajstić information content (AvgIpc) is 3.18. The lowest BCUT2D eigenvalue weighted by molar-refractivity contribution is -0.0504. The second kappa shape index (κ2) is 8.83. The number of halogens is 3. The van der Waals surface area contributed by atoms with Crippen LogP contribution in [0, 0.1) is 0 Å². The summed E-state index contributed by atoms with van der Waals surface area (Å²) in [6, 6.07) is 13.4. The molecule has 3 rings (SSSR count). The topological polar surface area (TPSA) is 65.4 Å². The average molecular weight is 452 g/mol. The van der Waals surface area contributed by atoms with Crippen LogP contribution in [0.15, 0.2) is 59.2 Å². The van der Waals surface area contributed by atoms with Crippen molar-refractivity contribution in [1.82, 2.24) is 15.1 Å². The molecule has 0 atom stereocenters. The van der Waals surface area contributed by atoms with Gasteiger partial charge in [0.15, 0.2) is 5.69 Å². The third-order valence-corrected chi connectivity index (χ3v) is 4.33. The molecule has 3 aromatic rings. The van der Waals surface area contributed by atoms with E-state index in [1.807, 2.05) is 12.1 Å². The van der Waals surface area contributed by atoms with Crippen LogP contribution in [0.4, 0.5) is 8.78 Å². The van der Waals surface area contributed by atoms with Crippen LogP contribution in [0.25, 0.3) is 5.69 Å². The summed E-state index contributed by atoms with van der Waals surface area (Å²) >= 11 is 3.27. The van der Waals surface area contributed by atoms with Crippen LogP contribution in [-0.2, 0) is 6.54 Å². The van der Waals surface area contributed by atoms with Crippen LogP contribution in [0.3, 0.4) is 0 Å². The highest BCUT2D eigenvalue weighted by Gasteiger charge is 2.14. The Labute approximate surface area is 168 Å². The van der Waals surface area contributed by atoms with Gasteiger partial charge in [-0.1, -0.05) is 15.9 Å². The number of alkyl halides is 2. The molecular formula is C19H16BrF2N3O3. The SMILES string of the molecule is COc1ccc(-n2ccc(C(=O)NCc3cc(Br)ccc3OC(F)F)n2)cc1. The van der Waals surface area contributed by atoms with Crippen molar-refractivity contribution in [2.45, 2.75) is 13.2 Å². The molecule has 0 saturated heterocycles. The molecule has 0 aliphatic heterocycles. The second-order valence-electron chi connectivity index (χ2n) is 5.66. The first-order valence-electron chi connectivity index (χ1n) is 8.18. The highest BCUT2D eigenvalue weighted by atomic mass is 79.9. The fourth-order valence-corrected chi connectivity index (χ4v) is 2.90. The number of nitrogens with zero attached hydrogens (tertiary/aromatic N) is 2. The number of hydrogen-bond acceptors (Lipinski definition) is 4. The smallest absolute Gasteiger partial charge is 0.387 e.